The summed E-state index contributed by atoms with van der Waals surface area (Å²) < 4.78 is 6.63. The van der Waals surface area contributed by atoms with Crippen molar-refractivity contribution >= 4 is 5.82 Å². The molecule has 1 aromatic rings. The van der Waals surface area contributed by atoms with Crippen molar-refractivity contribution in [2.45, 2.75) is 5.60 Å². The van der Waals surface area contributed by atoms with E-state index in [2.05, 4.69) is 4.98 Å². The van der Waals surface area contributed by atoms with Gasteiger partial charge in [0, 0.05) is 13.2 Å². The zero-order chi connectivity index (χ0) is 8.77. The van der Waals surface area contributed by atoms with Crippen LogP contribution < -0.4 is 5.73 Å². The van der Waals surface area contributed by atoms with Gasteiger partial charge < -0.3 is 20.1 Å². The van der Waals surface area contributed by atoms with Gasteiger partial charge in [-0.1, -0.05) is 0 Å². The van der Waals surface area contributed by atoms with E-state index in [0.29, 0.717) is 24.9 Å². The number of imidazole rings is 1. The van der Waals surface area contributed by atoms with Crippen molar-refractivity contribution in [1.29, 1.82) is 0 Å². The van der Waals surface area contributed by atoms with Crippen LogP contribution in [0.4, 0.5) is 5.82 Å². The van der Waals surface area contributed by atoms with Gasteiger partial charge in [-0.15, -0.1) is 0 Å². The van der Waals surface area contributed by atoms with E-state index in [0.717, 1.165) is 0 Å². The average Bonchev–Trinajstić information content (AvgIpc) is 2.25. The molecule has 2 heterocycles. The molecular formula is C7H11N3O2. The summed E-state index contributed by atoms with van der Waals surface area (Å²) in [5, 5.41) is 9.81. The minimum Gasteiger partial charge on any atom is -0.382 e. The van der Waals surface area contributed by atoms with Crippen molar-refractivity contribution in [3.8, 4) is 0 Å². The monoisotopic (exact) mass is 169 g/mol. The normalized spacial score (nSPS) is 20.5. The highest BCUT2D eigenvalue weighted by Crippen LogP contribution is 2.28. The van der Waals surface area contributed by atoms with Crippen molar-refractivity contribution in [2.75, 3.05) is 18.9 Å². The molecule has 0 spiro atoms. The number of anilines is 1. The Hall–Kier alpha value is -1.07. The van der Waals surface area contributed by atoms with Gasteiger partial charge in [0.05, 0.1) is 13.2 Å². The molecule has 0 atom stereocenters. The molecule has 0 saturated carbocycles. The summed E-state index contributed by atoms with van der Waals surface area (Å²) in [5.74, 6) is 0.999. The quantitative estimate of drug-likeness (QED) is 0.578. The molecule has 1 saturated heterocycles. The number of nitrogen functional groups attached to an aromatic ring is 1. The first kappa shape index (κ1) is 7.57. The highest BCUT2D eigenvalue weighted by Gasteiger charge is 2.41. The number of nitrogens with two attached hydrogens (primary N) is 1. The summed E-state index contributed by atoms with van der Waals surface area (Å²) in [5.41, 5.74) is 4.55. The standard InChI is InChI=1S/C7H11N3O2/c1-10-2-5(8)9-6(10)7(11)3-12-4-7/h2,11H,3-4,8H2,1H3. The van der Waals surface area contributed by atoms with Gasteiger partial charge in [0.15, 0.2) is 5.60 Å². The molecule has 0 aromatic carbocycles. The van der Waals surface area contributed by atoms with Crippen LogP contribution >= 0.6 is 0 Å². The summed E-state index contributed by atoms with van der Waals surface area (Å²) in [6.45, 7) is 0.606. The van der Waals surface area contributed by atoms with E-state index in [9.17, 15) is 5.11 Å². The zero-order valence-electron chi connectivity index (χ0n) is 6.82. The minimum absolute atomic E-state index is 0.303. The first-order chi connectivity index (χ1) is 5.62. The summed E-state index contributed by atoms with van der Waals surface area (Å²) in [4.78, 5) is 4.01. The molecule has 66 valence electrons. The highest BCUT2D eigenvalue weighted by molar-refractivity contribution is 5.28. The summed E-state index contributed by atoms with van der Waals surface area (Å²) >= 11 is 0. The number of aliphatic hydroxyl groups is 1. The maximum Gasteiger partial charge on any atom is 0.169 e. The molecule has 0 bridgehead atoms. The molecular weight excluding hydrogens is 158 g/mol. The Bertz CT molecular complexity index is 304. The number of nitrogens with zero attached hydrogens (tertiary/aromatic N) is 2. The third-order valence-electron chi connectivity index (χ3n) is 1.99. The van der Waals surface area contributed by atoms with Gasteiger partial charge in [-0.05, 0) is 0 Å². The number of rotatable bonds is 1. The maximum absolute atomic E-state index is 9.81. The fourth-order valence-corrected chi connectivity index (χ4v) is 1.35. The number of hydrogen-bond donors (Lipinski definition) is 2. The molecule has 2 rings (SSSR count). The number of hydrogen-bond acceptors (Lipinski definition) is 4. The number of ether oxygens (including phenoxy) is 1. The minimum atomic E-state index is -0.924. The first-order valence-corrected chi connectivity index (χ1v) is 3.71. The van der Waals surface area contributed by atoms with E-state index in [4.69, 9.17) is 10.5 Å². The highest BCUT2D eigenvalue weighted by atomic mass is 16.5. The lowest BCUT2D eigenvalue weighted by Crippen LogP contribution is -2.48. The van der Waals surface area contributed by atoms with E-state index in [1.54, 1.807) is 17.8 Å². The largest absolute Gasteiger partial charge is 0.382 e. The Morgan fingerprint density at radius 1 is 1.75 bits per heavy atom. The third-order valence-corrected chi connectivity index (χ3v) is 1.99. The van der Waals surface area contributed by atoms with Crippen LogP contribution in [-0.2, 0) is 17.4 Å². The molecule has 3 N–H and O–H groups in total. The van der Waals surface area contributed by atoms with Gasteiger partial charge >= 0.3 is 0 Å². The third kappa shape index (κ3) is 0.904. The number of aromatic nitrogens is 2. The van der Waals surface area contributed by atoms with Crippen LogP contribution in [0.2, 0.25) is 0 Å². The lowest BCUT2D eigenvalue weighted by atomic mass is 10.0. The van der Waals surface area contributed by atoms with Crippen molar-refractivity contribution in [3.63, 3.8) is 0 Å². The molecule has 1 aliphatic rings. The predicted octanol–water partition coefficient (Wildman–Crippen LogP) is -0.780. The fraction of sp³-hybridized carbons (Fsp3) is 0.571. The molecule has 0 amide bonds. The summed E-state index contributed by atoms with van der Waals surface area (Å²) in [6.07, 6.45) is 1.67. The molecule has 1 fully saturated rings. The van der Waals surface area contributed by atoms with E-state index in [-0.39, 0.29) is 0 Å². The molecule has 0 radical (unpaired) electrons. The predicted molar refractivity (Wildman–Crippen MR) is 42.3 cm³/mol. The van der Waals surface area contributed by atoms with Gasteiger partial charge in [0.2, 0.25) is 0 Å². The lowest BCUT2D eigenvalue weighted by Gasteiger charge is -2.35. The van der Waals surface area contributed by atoms with Crippen LogP contribution in [0.15, 0.2) is 6.20 Å². The summed E-state index contributed by atoms with van der Waals surface area (Å²) in [7, 11) is 1.80. The topological polar surface area (TPSA) is 73.3 Å². The van der Waals surface area contributed by atoms with Crippen LogP contribution in [0.25, 0.3) is 0 Å². The van der Waals surface area contributed by atoms with Crippen molar-refractivity contribution in [1.82, 2.24) is 9.55 Å². The Kier molecular flexibility index (Phi) is 1.39. The SMILES string of the molecule is Cn1cc(N)nc1C1(O)COC1. The van der Waals surface area contributed by atoms with Gasteiger partial charge in [0.25, 0.3) is 0 Å². The van der Waals surface area contributed by atoms with Crippen molar-refractivity contribution < 1.29 is 9.84 Å². The van der Waals surface area contributed by atoms with Gasteiger partial charge in [-0.2, -0.15) is 0 Å². The van der Waals surface area contributed by atoms with Crippen LogP contribution in [0.1, 0.15) is 5.82 Å². The van der Waals surface area contributed by atoms with Crippen molar-refractivity contribution in [3.05, 3.63) is 12.0 Å². The van der Waals surface area contributed by atoms with Crippen LogP contribution in [0, 0.1) is 0 Å². The summed E-state index contributed by atoms with van der Waals surface area (Å²) in [6, 6.07) is 0. The van der Waals surface area contributed by atoms with Crippen LogP contribution in [0.3, 0.4) is 0 Å². The molecule has 5 nitrogen and oxygen atoms in total. The molecule has 5 heteroatoms. The Labute approximate surface area is 69.8 Å². The average molecular weight is 169 g/mol. The molecule has 12 heavy (non-hydrogen) atoms. The fourth-order valence-electron chi connectivity index (χ4n) is 1.35. The smallest absolute Gasteiger partial charge is 0.169 e. The van der Waals surface area contributed by atoms with Gasteiger partial charge in [-0.25, -0.2) is 4.98 Å². The Balaban J connectivity index is 2.38. The molecule has 0 aliphatic carbocycles. The van der Waals surface area contributed by atoms with E-state index in [1.165, 1.54) is 0 Å². The Morgan fingerprint density at radius 2 is 2.42 bits per heavy atom. The molecule has 1 aromatic heterocycles. The van der Waals surface area contributed by atoms with Crippen LogP contribution in [-0.4, -0.2) is 27.9 Å². The molecule has 1 aliphatic heterocycles. The molecule has 0 unspecified atom stereocenters. The second kappa shape index (κ2) is 2.21. The zero-order valence-corrected chi connectivity index (χ0v) is 6.82. The van der Waals surface area contributed by atoms with Crippen LogP contribution in [0.5, 0.6) is 0 Å². The number of aryl methyl sites for hydroxylation is 1. The second-order valence-electron chi connectivity index (χ2n) is 3.12. The second-order valence-corrected chi connectivity index (χ2v) is 3.12. The Morgan fingerprint density at radius 3 is 2.75 bits per heavy atom. The van der Waals surface area contributed by atoms with Gasteiger partial charge in [-0.3, -0.25) is 0 Å². The van der Waals surface area contributed by atoms with E-state index in [1.807, 2.05) is 0 Å². The maximum atomic E-state index is 9.81. The lowest BCUT2D eigenvalue weighted by molar-refractivity contribution is -0.190. The van der Waals surface area contributed by atoms with E-state index >= 15 is 0 Å². The van der Waals surface area contributed by atoms with Crippen molar-refractivity contribution in [2.24, 2.45) is 7.05 Å². The first-order valence-electron chi connectivity index (χ1n) is 3.71. The van der Waals surface area contributed by atoms with Gasteiger partial charge in [0.1, 0.15) is 11.6 Å². The van der Waals surface area contributed by atoms with E-state index < -0.39 is 5.60 Å².